The first-order chi connectivity index (χ1) is 19.8. The molecule has 4 aromatic carbocycles. The lowest BCUT2D eigenvalue weighted by Gasteiger charge is -2.19. The summed E-state index contributed by atoms with van der Waals surface area (Å²) in [5, 5.41) is 13.4. The highest BCUT2D eigenvalue weighted by Gasteiger charge is 2.17. The van der Waals surface area contributed by atoms with Crippen molar-refractivity contribution in [2.24, 2.45) is 5.10 Å². The Bertz CT molecular complexity index is 1810. The first-order valence-electron chi connectivity index (χ1n) is 13.9. The zero-order chi connectivity index (χ0) is 28.4. The molecule has 41 heavy (non-hydrogen) atoms. The molecule has 200 valence electrons. The van der Waals surface area contributed by atoms with Gasteiger partial charge in [0.05, 0.1) is 0 Å². The normalized spacial score (nSPS) is 14.5. The molecule has 0 saturated carbocycles. The predicted molar refractivity (Wildman–Crippen MR) is 171 cm³/mol. The number of nitrogens with zero attached hydrogens (tertiary/aromatic N) is 2. The lowest BCUT2D eigenvalue weighted by molar-refractivity contribution is -0.577. The molecule has 0 radical (unpaired) electrons. The van der Waals surface area contributed by atoms with Gasteiger partial charge >= 0.3 is 0 Å². The molecule has 0 unspecified atom stereocenters. The maximum atomic E-state index is 6.43. The minimum Gasteiger partial charge on any atom is -0.263 e. The molecule has 6 rings (SSSR count). The summed E-state index contributed by atoms with van der Waals surface area (Å²) in [6.07, 6.45) is 9.88. The number of fused-ring (bicyclic) bond motifs is 1. The average Bonchev–Trinajstić information content (AvgIpc) is 3.00. The summed E-state index contributed by atoms with van der Waals surface area (Å²) in [6.45, 7) is 6.71. The minimum absolute atomic E-state index is 0.152. The molecule has 1 aliphatic carbocycles. The van der Waals surface area contributed by atoms with Crippen molar-refractivity contribution >= 4 is 33.5 Å². The van der Waals surface area contributed by atoms with E-state index in [0.29, 0.717) is 5.71 Å². The van der Waals surface area contributed by atoms with Crippen LogP contribution in [-0.4, -0.2) is 16.4 Å². The molecule has 0 amide bonds. The third kappa shape index (κ3) is 5.69. The molecular formula is C37H34N4+2. The molecule has 0 bridgehead atoms. The predicted octanol–water partition coefficient (Wildman–Crippen LogP) is 6.27. The van der Waals surface area contributed by atoms with Crippen LogP contribution in [0.15, 0.2) is 133 Å². The summed E-state index contributed by atoms with van der Waals surface area (Å²) in [5.74, 6) is 0. The summed E-state index contributed by atoms with van der Waals surface area (Å²) in [4.78, 5) is 4.41. The topological polar surface area (TPSA) is 67.5 Å². The van der Waals surface area contributed by atoms with Crippen LogP contribution in [0.1, 0.15) is 31.9 Å². The first-order valence-corrected chi connectivity index (χ1v) is 13.9. The van der Waals surface area contributed by atoms with Crippen LogP contribution >= 0.6 is 0 Å². The molecular weight excluding hydrogens is 500 g/mol. The van der Waals surface area contributed by atoms with Crippen LogP contribution in [0.4, 0.5) is 5.69 Å². The van der Waals surface area contributed by atoms with E-state index in [1.807, 2.05) is 36.0 Å². The smallest absolute Gasteiger partial charge is 0.228 e. The van der Waals surface area contributed by atoms with Gasteiger partial charge in [-0.25, -0.2) is 0 Å². The third-order valence-corrected chi connectivity index (χ3v) is 7.57. The fourth-order valence-corrected chi connectivity index (χ4v) is 5.11. The van der Waals surface area contributed by atoms with Crippen molar-refractivity contribution in [3.63, 3.8) is 0 Å². The summed E-state index contributed by atoms with van der Waals surface area (Å²) in [5.41, 5.74) is 12.6. The number of nitrogens with two attached hydrogens (primary N) is 2. The Labute approximate surface area is 241 Å². The van der Waals surface area contributed by atoms with Gasteiger partial charge in [0, 0.05) is 41.6 Å². The first kappa shape index (κ1) is 26.3. The Morgan fingerprint density at radius 3 is 2.00 bits per heavy atom. The maximum Gasteiger partial charge on any atom is 0.228 e. The van der Waals surface area contributed by atoms with Gasteiger partial charge in [-0.15, -0.1) is 0 Å². The Morgan fingerprint density at radius 2 is 1.32 bits per heavy atom. The van der Waals surface area contributed by atoms with E-state index in [-0.39, 0.29) is 5.41 Å². The number of allylic oxidation sites excluding steroid dienone is 4. The quantitative estimate of drug-likeness (QED) is 0.119. The van der Waals surface area contributed by atoms with Crippen LogP contribution in [0.5, 0.6) is 0 Å². The van der Waals surface area contributed by atoms with E-state index < -0.39 is 0 Å². The zero-order valence-electron chi connectivity index (χ0n) is 23.7. The van der Waals surface area contributed by atoms with Gasteiger partial charge < -0.3 is 0 Å². The van der Waals surface area contributed by atoms with Crippen molar-refractivity contribution in [1.29, 1.82) is 0 Å². The van der Waals surface area contributed by atoms with Gasteiger partial charge in [0.15, 0.2) is 11.4 Å². The van der Waals surface area contributed by atoms with E-state index in [0.717, 1.165) is 39.0 Å². The van der Waals surface area contributed by atoms with Gasteiger partial charge in [0.25, 0.3) is 0 Å². The standard InChI is InChI=1S/C37H32N4/c1-37(2,3)31-17-12-26(13-18-31)25-8-10-27(11-9-25)29-16-21-36(35(38)22-29)41-40-32-19-14-28(15-20-32)34-24-39-23-30-6-4-5-7-33(30)34/h4-24,38,40H,1-3H3/p+2. The van der Waals surface area contributed by atoms with Gasteiger partial charge in [0.2, 0.25) is 5.71 Å². The van der Waals surface area contributed by atoms with Crippen molar-refractivity contribution in [3.8, 4) is 22.3 Å². The minimum atomic E-state index is 0.152. The molecule has 4 N–H and O–H groups in total. The van der Waals surface area contributed by atoms with Crippen molar-refractivity contribution < 1.29 is 10.8 Å². The molecule has 5 aromatic rings. The number of quaternary nitrogens is 1. The Hall–Kier alpha value is -4.93. The monoisotopic (exact) mass is 534 g/mol. The summed E-state index contributed by atoms with van der Waals surface area (Å²) in [6, 6.07) is 34.2. The van der Waals surface area contributed by atoms with E-state index in [4.69, 9.17) is 5.41 Å². The van der Waals surface area contributed by atoms with E-state index in [1.54, 1.807) is 0 Å². The highest BCUT2D eigenvalue weighted by atomic mass is 15.3. The van der Waals surface area contributed by atoms with Crippen molar-refractivity contribution in [3.05, 3.63) is 139 Å². The second-order valence-corrected chi connectivity index (χ2v) is 11.5. The van der Waals surface area contributed by atoms with Crippen LogP contribution in [0.2, 0.25) is 0 Å². The molecule has 4 nitrogen and oxygen atoms in total. The summed E-state index contributed by atoms with van der Waals surface area (Å²) in [7, 11) is 0. The van der Waals surface area contributed by atoms with Crippen molar-refractivity contribution in [1.82, 2.24) is 4.98 Å². The lowest BCUT2D eigenvalue weighted by atomic mass is 9.86. The van der Waals surface area contributed by atoms with E-state index in [9.17, 15) is 0 Å². The molecule has 1 aliphatic rings. The summed E-state index contributed by atoms with van der Waals surface area (Å²) >= 11 is 0. The van der Waals surface area contributed by atoms with Crippen LogP contribution in [-0.2, 0) is 5.41 Å². The Kier molecular flexibility index (Phi) is 7.00. The number of pyridine rings is 1. The molecule has 1 aromatic heterocycles. The van der Waals surface area contributed by atoms with Crippen LogP contribution < -0.4 is 10.8 Å². The van der Waals surface area contributed by atoms with E-state index in [1.165, 1.54) is 22.1 Å². The lowest BCUT2D eigenvalue weighted by Crippen LogP contribution is -2.72. The number of hydrogen-bond acceptors (Lipinski definition) is 2. The number of aromatic nitrogens is 1. The molecule has 0 aliphatic heterocycles. The van der Waals surface area contributed by atoms with Crippen LogP contribution in [0.25, 0.3) is 38.6 Å². The molecule has 0 atom stereocenters. The van der Waals surface area contributed by atoms with Gasteiger partial charge in [-0.05, 0) is 62.4 Å². The zero-order valence-corrected chi connectivity index (χ0v) is 23.7. The molecule has 4 heteroatoms. The number of rotatable bonds is 5. The molecule has 1 heterocycles. The molecule has 0 fully saturated rings. The van der Waals surface area contributed by atoms with Gasteiger partial charge in [0.1, 0.15) is 0 Å². The van der Waals surface area contributed by atoms with Gasteiger partial charge in [-0.3, -0.25) is 10.4 Å². The Balaban J connectivity index is 1.12. The van der Waals surface area contributed by atoms with Crippen molar-refractivity contribution in [2.45, 2.75) is 26.2 Å². The summed E-state index contributed by atoms with van der Waals surface area (Å²) < 4.78 is 0. The average molecular weight is 535 g/mol. The fraction of sp³-hybridized carbons (Fsp3) is 0.108. The molecule has 0 spiro atoms. The van der Waals surface area contributed by atoms with E-state index >= 15 is 0 Å². The Morgan fingerprint density at radius 1 is 0.683 bits per heavy atom. The van der Waals surface area contributed by atoms with E-state index in [2.05, 4.69) is 128 Å². The van der Waals surface area contributed by atoms with Crippen LogP contribution in [0, 0.1) is 0 Å². The third-order valence-electron chi connectivity index (χ3n) is 7.57. The second kappa shape index (κ2) is 10.9. The molecule has 0 saturated heterocycles. The highest BCUT2D eigenvalue weighted by molar-refractivity contribution is 6.50. The van der Waals surface area contributed by atoms with Crippen molar-refractivity contribution in [2.75, 3.05) is 0 Å². The van der Waals surface area contributed by atoms with Gasteiger partial charge in [-0.2, -0.15) is 5.43 Å². The number of benzene rings is 4. The highest BCUT2D eigenvalue weighted by Crippen LogP contribution is 2.29. The SMILES string of the molecule is CC(C)(C)c1ccc(-c2ccc(C3=CC(=[NH2+])C(=N[NH2+]c4ccc(-c5cncc6ccccc56)cc4)C=C3)cc2)cc1. The largest absolute Gasteiger partial charge is 0.263 e. The maximum absolute atomic E-state index is 6.43. The second-order valence-electron chi connectivity index (χ2n) is 11.5. The fourth-order valence-electron chi connectivity index (χ4n) is 5.11. The van der Waals surface area contributed by atoms with Gasteiger partial charge in [-0.1, -0.05) is 105 Å². The number of hydrogen-bond donors (Lipinski definition) is 2. The van der Waals surface area contributed by atoms with Crippen LogP contribution in [0.3, 0.4) is 0 Å².